The van der Waals surface area contributed by atoms with Crippen molar-refractivity contribution < 1.29 is 18.7 Å². The Labute approximate surface area is 190 Å². The van der Waals surface area contributed by atoms with Crippen LogP contribution < -0.4 is 9.47 Å². The van der Waals surface area contributed by atoms with Crippen LogP contribution in [0.15, 0.2) is 66.7 Å². The number of aromatic nitrogens is 1. The number of halogens is 1. The molecule has 5 nitrogen and oxygen atoms in total. The molecule has 166 valence electrons. The Balaban J connectivity index is 1.33. The molecule has 6 heteroatoms. The molecule has 0 unspecified atom stereocenters. The van der Waals surface area contributed by atoms with Crippen LogP contribution >= 0.6 is 0 Å². The molecule has 4 aromatic rings. The lowest BCUT2D eigenvalue weighted by atomic mass is 9.91. The second-order valence-electron chi connectivity index (χ2n) is 8.51. The molecule has 1 atom stereocenters. The minimum absolute atomic E-state index is 0.00484. The summed E-state index contributed by atoms with van der Waals surface area (Å²) >= 11 is 0. The van der Waals surface area contributed by atoms with Crippen molar-refractivity contribution in [3.8, 4) is 11.5 Å². The smallest absolute Gasteiger partial charge is 0.231 e. The highest BCUT2D eigenvalue weighted by Gasteiger charge is 2.35. The van der Waals surface area contributed by atoms with Crippen molar-refractivity contribution in [3.05, 3.63) is 94.9 Å². The zero-order chi connectivity index (χ0) is 22.4. The van der Waals surface area contributed by atoms with Crippen LogP contribution in [0.4, 0.5) is 4.39 Å². The number of amides is 1. The van der Waals surface area contributed by atoms with E-state index in [0.717, 1.165) is 34.3 Å². The predicted molar refractivity (Wildman–Crippen MR) is 123 cm³/mol. The fourth-order valence-electron chi connectivity index (χ4n) is 5.02. The number of hydrogen-bond donors (Lipinski definition) is 1. The van der Waals surface area contributed by atoms with Gasteiger partial charge in [-0.3, -0.25) is 4.79 Å². The topological polar surface area (TPSA) is 54.6 Å². The fraction of sp³-hybridized carbons (Fsp3) is 0.222. The standard InChI is InChI=1S/C27H23FN2O3/c28-21-7-3-1-6-20(21)27-26-19(18-5-2-4-8-22(18)29-26)13-14-30(27)25(31)12-10-17-9-11-23-24(15-17)33-16-32-23/h1-9,11,15,27,29H,10,12-14,16H2/t27-/m0/s1. The number of para-hydroxylation sites is 1. The Hall–Kier alpha value is -3.80. The minimum Gasteiger partial charge on any atom is -0.454 e. The van der Waals surface area contributed by atoms with Crippen molar-refractivity contribution in [1.29, 1.82) is 0 Å². The maximum atomic E-state index is 15.0. The summed E-state index contributed by atoms with van der Waals surface area (Å²) in [6.45, 7) is 0.774. The molecule has 33 heavy (non-hydrogen) atoms. The summed E-state index contributed by atoms with van der Waals surface area (Å²) in [5.74, 6) is 1.14. The normalized spacial score (nSPS) is 16.8. The third kappa shape index (κ3) is 3.42. The highest BCUT2D eigenvalue weighted by molar-refractivity contribution is 5.86. The van der Waals surface area contributed by atoms with E-state index in [1.54, 1.807) is 12.1 Å². The highest BCUT2D eigenvalue weighted by Crippen LogP contribution is 2.40. The Bertz CT molecular complexity index is 1360. The first-order valence-electron chi connectivity index (χ1n) is 11.2. The number of aromatic amines is 1. The summed E-state index contributed by atoms with van der Waals surface area (Å²) in [5.41, 5.74) is 4.61. The summed E-state index contributed by atoms with van der Waals surface area (Å²) in [4.78, 5) is 18.8. The Kier molecular flexibility index (Phi) is 4.79. The van der Waals surface area contributed by atoms with E-state index >= 15 is 0 Å². The second kappa shape index (κ2) is 7.96. The number of rotatable bonds is 4. The number of H-pyrrole nitrogens is 1. The number of nitrogens with one attached hydrogen (secondary N) is 1. The summed E-state index contributed by atoms with van der Waals surface area (Å²) in [5, 5.41) is 1.14. The molecule has 0 saturated heterocycles. The summed E-state index contributed by atoms with van der Waals surface area (Å²) in [6.07, 6.45) is 1.65. The zero-order valence-electron chi connectivity index (χ0n) is 18.0. The molecular formula is C27H23FN2O3. The maximum absolute atomic E-state index is 15.0. The van der Waals surface area contributed by atoms with Crippen LogP contribution in [0, 0.1) is 5.82 Å². The van der Waals surface area contributed by atoms with Gasteiger partial charge < -0.3 is 19.4 Å². The largest absolute Gasteiger partial charge is 0.454 e. The third-order valence-electron chi connectivity index (χ3n) is 6.62. The van der Waals surface area contributed by atoms with Gasteiger partial charge in [0.1, 0.15) is 11.9 Å². The van der Waals surface area contributed by atoms with Gasteiger partial charge in [-0.2, -0.15) is 0 Å². The van der Waals surface area contributed by atoms with Gasteiger partial charge in [0.15, 0.2) is 11.5 Å². The van der Waals surface area contributed by atoms with Crippen LogP contribution in [0.3, 0.4) is 0 Å². The summed E-state index contributed by atoms with van der Waals surface area (Å²) in [7, 11) is 0. The number of benzene rings is 3. The van der Waals surface area contributed by atoms with Crippen molar-refractivity contribution in [2.75, 3.05) is 13.3 Å². The van der Waals surface area contributed by atoms with Gasteiger partial charge in [-0.15, -0.1) is 0 Å². The number of fused-ring (bicyclic) bond motifs is 4. The molecule has 1 aromatic heterocycles. The lowest BCUT2D eigenvalue weighted by Crippen LogP contribution is -2.41. The average molecular weight is 442 g/mol. The van der Waals surface area contributed by atoms with Crippen LogP contribution in [0.5, 0.6) is 11.5 Å². The van der Waals surface area contributed by atoms with Crippen LogP contribution in [-0.2, 0) is 17.6 Å². The van der Waals surface area contributed by atoms with Gasteiger partial charge in [0.05, 0.1) is 0 Å². The SMILES string of the molecule is O=C(CCc1ccc2c(c1)OCO2)N1CCc2c([nH]c3ccccc23)[C@@H]1c1ccccc1F. The van der Waals surface area contributed by atoms with E-state index in [0.29, 0.717) is 30.7 Å². The molecule has 1 N–H and O–H groups in total. The van der Waals surface area contributed by atoms with Gasteiger partial charge in [-0.25, -0.2) is 4.39 Å². The van der Waals surface area contributed by atoms with E-state index in [9.17, 15) is 9.18 Å². The maximum Gasteiger partial charge on any atom is 0.231 e. The molecule has 0 bridgehead atoms. The monoisotopic (exact) mass is 442 g/mol. The van der Waals surface area contributed by atoms with Crippen LogP contribution in [0.2, 0.25) is 0 Å². The number of carbonyl (C=O) groups is 1. The molecule has 2 aliphatic heterocycles. The Morgan fingerprint density at radius 2 is 1.85 bits per heavy atom. The molecule has 1 amide bonds. The van der Waals surface area contributed by atoms with Crippen LogP contribution in [0.1, 0.15) is 34.8 Å². The van der Waals surface area contributed by atoms with Crippen molar-refractivity contribution in [3.63, 3.8) is 0 Å². The minimum atomic E-state index is -0.480. The highest BCUT2D eigenvalue weighted by atomic mass is 19.1. The molecule has 0 aliphatic carbocycles. The molecule has 0 saturated carbocycles. The number of aryl methyl sites for hydroxylation is 1. The number of nitrogens with zero attached hydrogens (tertiary/aromatic N) is 1. The molecule has 6 rings (SSSR count). The van der Waals surface area contributed by atoms with Crippen molar-refractivity contribution in [2.24, 2.45) is 0 Å². The van der Waals surface area contributed by atoms with E-state index in [1.807, 2.05) is 47.4 Å². The molecule has 0 spiro atoms. The van der Waals surface area contributed by atoms with Crippen LogP contribution in [0.25, 0.3) is 10.9 Å². The third-order valence-corrected chi connectivity index (χ3v) is 6.62. The van der Waals surface area contributed by atoms with Crippen molar-refractivity contribution in [1.82, 2.24) is 9.88 Å². The lowest BCUT2D eigenvalue weighted by Gasteiger charge is -2.36. The van der Waals surface area contributed by atoms with E-state index in [1.165, 1.54) is 11.6 Å². The van der Waals surface area contributed by atoms with Gasteiger partial charge in [0.2, 0.25) is 12.7 Å². The molecular weight excluding hydrogens is 419 g/mol. The number of hydrogen-bond acceptors (Lipinski definition) is 3. The van der Waals surface area contributed by atoms with E-state index in [-0.39, 0.29) is 18.5 Å². The van der Waals surface area contributed by atoms with Gasteiger partial charge in [-0.05, 0) is 48.2 Å². The first-order chi connectivity index (χ1) is 16.2. The van der Waals surface area contributed by atoms with Gasteiger partial charge in [0.25, 0.3) is 0 Å². The predicted octanol–water partition coefficient (Wildman–Crippen LogP) is 5.14. The van der Waals surface area contributed by atoms with Crippen molar-refractivity contribution >= 4 is 16.8 Å². The molecule has 2 aliphatic rings. The Morgan fingerprint density at radius 3 is 2.76 bits per heavy atom. The molecule has 3 aromatic carbocycles. The summed E-state index contributed by atoms with van der Waals surface area (Å²) < 4.78 is 25.8. The second-order valence-corrected chi connectivity index (χ2v) is 8.51. The lowest BCUT2D eigenvalue weighted by molar-refractivity contribution is -0.133. The first kappa shape index (κ1) is 19.9. The molecule has 0 radical (unpaired) electrons. The van der Waals surface area contributed by atoms with Gasteiger partial charge >= 0.3 is 0 Å². The first-order valence-corrected chi connectivity index (χ1v) is 11.2. The fourth-order valence-corrected chi connectivity index (χ4v) is 5.02. The van der Waals surface area contributed by atoms with E-state index in [2.05, 4.69) is 11.1 Å². The number of carbonyl (C=O) groups excluding carboxylic acids is 1. The van der Waals surface area contributed by atoms with Gasteiger partial charge in [0, 0.05) is 35.1 Å². The Morgan fingerprint density at radius 1 is 1.03 bits per heavy atom. The number of ether oxygens (including phenoxy) is 2. The van der Waals surface area contributed by atoms with Crippen molar-refractivity contribution in [2.45, 2.75) is 25.3 Å². The van der Waals surface area contributed by atoms with E-state index < -0.39 is 6.04 Å². The molecule has 0 fully saturated rings. The van der Waals surface area contributed by atoms with Crippen LogP contribution in [-0.4, -0.2) is 29.1 Å². The summed E-state index contributed by atoms with van der Waals surface area (Å²) in [6, 6.07) is 20.1. The quantitative estimate of drug-likeness (QED) is 0.476. The van der Waals surface area contributed by atoms with Gasteiger partial charge in [-0.1, -0.05) is 42.5 Å². The van der Waals surface area contributed by atoms with E-state index in [4.69, 9.17) is 9.47 Å². The molecule has 3 heterocycles. The zero-order valence-corrected chi connectivity index (χ0v) is 18.0. The average Bonchev–Trinajstić information content (AvgIpc) is 3.46.